The van der Waals surface area contributed by atoms with Crippen molar-refractivity contribution in [2.24, 2.45) is 0 Å². The number of nitrogens with zero attached hydrogens (tertiary/aromatic N) is 3. The molecular weight excluding hydrogens is 931 g/mol. The lowest BCUT2D eigenvalue weighted by atomic mass is 9.72. The molecule has 0 spiro atoms. The van der Waals surface area contributed by atoms with Crippen LogP contribution in [-0.2, 0) is 79.4 Å². The second-order valence-electron chi connectivity index (χ2n) is 16.6. The van der Waals surface area contributed by atoms with E-state index in [1.807, 2.05) is 0 Å². The fourth-order valence-electron chi connectivity index (χ4n) is 8.87. The van der Waals surface area contributed by atoms with Gasteiger partial charge in [-0.15, -0.1) is 5.06 Å². The van der Waals surface area contributed by atoms with Crippen LogP contribution in [0.15, 0.2) is 80.9 Å². The molecule has 3 aliphatic heterocycles. The third-order valence-electron chi connectivity index (χ3n) is 12.3. The molecule has 66 heavy (non-hydrogen) atoms. The summed E-state index contributed by atoms with van der Waals surface area (Å²) in [5.41, 5.74) is -0.406. The van der Waals surface area contributed by atoms with Crippen LogP contribution in [0.5, 0.6) is 0 Å². The number of aliphatic hydroxyl groups is 1. The van der Waals surface area contributed by atoms with Gasteiger partial charge >= 0.3 is 5.97 Å². The number of Topliss-reactive ketones (excluding diaryl/α,β-unsaturated/α-hetero) is 1. The lowest BCUT2D eigenvalue weighted by molar-refractivity contribution is -0.198. The maximum atomic E-state index is 14.3. The Balaban J connectivity index is 1.38. The first-order valence-electron chi connectivity index (χ1n) is 20.6. The molecule has 3 heterocycles. The third kappa shape index (κ3) is 10.3. The first-order valence-corrected chi connectivity index (χ1v) is 25.1. The Morgan fingerprint density at radius 1 is 0.803 bits per heavy atom. The van der Waals surface area contributed by atoms with Gasteiger partial charge in [0.2, 0.25) is 0 Å². The van der Waals surface area contributed by atoms with Crippen LogP contribution >= 0.6 is 0 Å². The summed E-state index contributed by atoms with van der Waals surface area (Å²) in [7, 11) is -10.9. The summed E-state index contributed by atoms with van der Waals surface area (Å²) in [6.07, 6.45) is 2.62. The molecule has 0 aromatic heterocycles. The zero-order valence-electron chi connectivity index (χ0n) is 36.5. The Labute approximate surface area is 381 Å². The molecule has 6 rings (SSSR count). The van der Waals surface area contributed by atoms with Gasteiger partial charge in [-0.2, -0.15) is 25.3 Å². The fraction of sp³-hybridized carbons (Fsp3) is 0.476. The molecule has 4 aliphatic rings. The van der Waals surface area contributed by atoms with E-state index in [0.29, 0.717) is 33.3 Å². The quantitative estimate of drug-likeness (QED) is 0.0605. The van der Waals surface area contributed by atoms with Crippen molar-refractivity contribution in [2.75, 3.05) is 69.3 Å². The van der Waals surface area contributed by atoms with Crippen LogP contribution in [0.2, 0.25) is 0 Å². The van der Waals surface area contributed by atoms with Crippen LogP contribution < -0.4 is 9.80 Å². The van der Waals surface area contributed by atoms with Gasteiger partial charge in [-0.1, -0.05) is 6.92 Å². The Morgan fingerprint density at radius 2 is 1.41 bits per heavy atom. The minimum absolute atomic E-state index is 0.0277. The highest BCUT2D eigenvalue weighted by molar-refractivity contribution is 7.86. The molecule has 0 bridgehead atoms. The number of hydroxylamine groups is 2. The van der Waals surface area contributed by atoms with Gasteiger partial charge in [0.05, 0.1) is 59.0 Å². The first kappa shape index (κ1) is 50.4. The number of aliphatic hydroxyl groups excluding tert-OH is 1. The van der Waals surface area contributed by atoms with Gasteiger partial charge in [0.1, 0.15) is 5.76 Å². The molecule has 24 heteroatoms. The summed E-state index contributed by atoms with van der Waals surface area (Å²) >= 11 is 0. The van der Waals surface area contributed by atoms with Gasteiger partial charge in [-0.25, -0.2) is 4.79 Å². The molecule has 4 N–H and O–H groups in total. The largest absolute Gasteiger partial charge is 0.506 e. The van der Waals surface area contributed by atoms with Crippen LogP contribution in [0, 0.1) is 0 Å². The van der Waals surface area contributed by atoms with E-state index in [-0.39, 0.29) is 89.2 Å². The minimum atomic E-state index is -4.70. The Bertz CT molecular complexity index is 2740. The van der Waals surface area contributed by atoms with Crippen molar-refractivity contribution in [1.82, 2.24) is 5.06 Å². The average Bonchev–Trinajstić information content (AvgIpc) is 3.77. The number of methoxy groups -OCH3 is 2. The molecule has 360 valence electrons. The van der Waals surface area contributed by atoms with Crippen molar-refractivity contribution in [3.63, 3.8) is 0 Å². The van der Waals surface area contributed by atoms with Gasteiger partial charge in [0, 0.05) is 74.7 Å². The molecular formula is C42H51N3O18S3. The summed E-state index contributed by atoms with van der Waals surface area (Å²) < 4.78 is 119. The second kappa shape index (κ2) is 19.3. The molecule has 2 aromatic carbocycles. The number of carbonyl (C=O) groups is 4. The normalized spacial score (nSPS) is 23.3. The Kier molecular flexibility index (Phi) is 14.7. The highest BCUT2D eigenvalue weighted by Crippen LogP contribution is 2.53. The summed E-state index contributed by atoms with van der Waals surface area (Å²) in [6, 6.07) is 7.05. The van der Waals surface area contributed by atoms with Crippen LogP contribution in [0.3, 0.4) is 0 Å². The fourth-order valence-corrected chi connectivity index (χ4v) is 10.4. The lowest BCUT2D eigenvalue weighted by Gasteiger charge is -2.37. The van der Waals surface area contributed by atoms with E-state index in [4.69, 9.17) is 19.0 Å². The number of ketones is 1. The Hall–Kier alpha value is -5.05. The van der Waals surface area contributed by atoms with Crippen molar-refractivity contribution in [3.05, 3.63) is 82.3 Å². The smallest absolute Gasteiger partial charge is 0.335 e. The minimum Gasteiger partial charge on any atom is -0.506 e. The predicted molar refractivity (Wildman–Crippen MR) is 233 cm³/mol. The zero-order chi connectivity index (χ0) is 48.6. The highest BCUT2D eigenvalue weighted by atomic mass is 32.2. The van der Waals surface area contributed by atoms with E-state index in [0.717, 1.165) is 0 Å². The molecule has 3 atom stereocenters. The molecule has 1 fully saturated rings. The summed E-state index contributed by atoms with van der Waals surface area (Å²) in [5.74, 6) is -3.83. The van der Waals surface area contributed by atoms with Crippen molar-refractivity contribution < 1.29 is 82.2 Å². The Morgan fingerprint density at radius 3 is 1.98 bits per heavy atom. The molecule has 2 aromatic rings. The summed E-state index contributed by atoms with van der Waals surface area (Å²) in [6.45, 7) is 3.74. The number of anilines is 2. The number of ether oxygens (including phenoxy) is 3. The van der Waals surface area contributed by atoms with Gasteiger partial charge < -0.3 is 34.0 Å². The van der Waals surface area contributed by atoms with Gasteiger partial charge in [0.25, 0.3) is 42.2 Å². The maximum absolute atomic E-state index is 14.3. The van der Waals surface area contributed by atoms with Crippen LogP contribution in [0.4, 0.5) is 11.4 Å². The standard InChI is InChI=1S/C42H51N3O18S3/c1-41(13-5-21-64(51,52)53)30-22-26(65(54,55)56)6-8-32(30)43(15-19-61-4)34(41)24-28-39(49)29(40(28)50)25-35-42(2,14-18-60-3)31-23-27(66(57,58)59)7-9-33(31)44(35)16-20-62-17-12-38(48)63-45-36(46)10-11-37(45)47/h6-9,22-25,34,49H,5,10-21H2,1-4H3,(H,51,52,53)(H,54,55,56)(H,57,58,59)/b28-24?,35-25+. The van der Waals surface area contributed by atoms with Crippen LogP contribution in [0.1, 0.15) is 63.5 Å². The number of imide groups is 1. The number of carbonyl (C=O) groups excluding carboxylic acids is 4. The SMILES string of the molecule is COCCN1c2ccc(S(=O)(=O)O)cc2C(C)(CCCS(=O)(=O)O)C1C=C1C(=O)C(/C=C2/N(CCOCCC(=O)ON3C(=O)CCC3=O)c3ccc(S(=O)(=O)O)cc3C2(C)CCOC)=C1O. The van der Waals surface area contributed by atoms with Crippen molar-refractivity contribution in [2.45, 2.75) is 79.0 Å². The highest BCUT2D eigenvalue weighted by Gasteiger charge is 2.50. The topological polar surface area (TPSA) is 298 Å². The van der Waals surface area contributed by atoms with Crippen LogP contribution in [0.25, 0.3) is 0 Å². The van der Waals surface area contributed by atoms with Crippen molar-refractivity contribution in [3.8, 4) is 0 Å². The maximum Gasteiger partial charge on any atom is 0.335 e. The van der Waals surface area contributed by atoms with E-state index >= 15 is 0 Å². The molecule has 3 unspecified atom stereocenters. The van der Waals surface area contributed by atoms with Gasteiger partial charge in [-0.05, 0) is 85.9 Å². The zero-order valence-corrected chi connectivity index (χ0v) is 38.9. The number of rotatable bonds is 21. The molecule has 0 radical (unpaired) electrons. The molecule has 0 saturated carbocycles. The number of hydrogen-bond acceptors (Lipinski definition) is 17. The van der Waals surface area contributed by atoms with E-state index < -0.39 is 92.1 Å². The molecule has 1 saturated heterocycles. The van der Waals surface area contributed by atoms with E-state index in [9.17, 15) is 63.2 Å². The third-order valence-corrected chi connectivity index (χ3v) is 14.8. The number of amides is 2. The summed E-state index contributed by atoms with van der Waals surface area (Å²) in [4.78, 5) is 58.0. The molecule has 1 aliphatic carbocycles. The van der Waals surface area contributed by atoms with Gasteiger partial charge in [0.15, 0.2) is 5.78 Å². The molecule has 2 amide bonds. The number of benzene rings is 2. The average molecular weight is 982 g/mol. The van der Waals surface area contributed by atoms with Crippen LogP contribution in [-0.4, -0.2) is 138 Å². The molecule has 21 nitrogen and oxygen atoms in total. The number of hydrogen-bond donors (Lipinski definition) is 4. The number of fused-ring (bicyclic) bond motifs is 2. The van der Waals surface area contributed by atoms with Crippen molar-refractivity contribution >= 4 is 65.3 Å². The predicted octanol–water partition coefficient (Wildman–Crippen LogP) is 2.97. The second-order valence-corrected chi connectivity index (χ2v) is 21.0. The van der Waals surface area contributed by atoms with Crippen molar-refractivity contribution in [1.29, 1.82) is 0 Å². The summed E-state index contributed by atoms with van der Waals surface area (Å²) in [5, 5.41) is 12.2. The van der Waals surface area contributed by atoms with E-state index in [1.165, 1.54) is 62.8 Å². The number of allylic oxidation sites excluding steroid dienone is 4. The lowest BCUT2D eigenvalue weighted by Crippen LogP contribution is -2.44. The van der Waals surface area contributed by atoms with E-state index in [1.54, 1.807) is 23.6 Å². The monoisotopic (exact) mass is 981 g/mol. The van der Waals surface area contributed by atoms with E-state index in [2.05, 4.69) is 0 Å². The van der Waals surface area contributed by atoms with Gasteiger partial charge in [-0.3, -0.25) is 28.0 Å². The first-order chi connectivity index (χ1) is 30.9.